The number of carbonyl (C=O) groups is 1. The molecule has 1 fully saturated rings. The van der Waals surface area contributed by atoms with Gasteiger partial charge in [0.15, 0.2) is 0 Å². The number of likely N-dealkylation sites (N-methyl/N-ethyl adjacent to an activating group) is 1. The Morgan fingerprint density at radius 3 is 2.89 bits per heavy atom. The van der Waals surface area contributed by atoms with E-state index in [0.29, 0.717) is 23.0 Å². The van der Waals surface area contributed by atoms with Crippen LogP contribution in [0.4, 0.5) is 0 Å². The average Bonchev–Trinajstić information content (AvgIpc) is 2.93. The molecule has 0 aliphatic carbocycles. The van der Waals surface area contributed by atoms with Crippen molar-refractivity contribution in [2.24, 2.45) is 0 Å². The number of carbonyl (C=O) groups excluding carboxylic acids is 1. The van der Waals surface area contributed by atoms with Gasteiger partial charge in [-0.25, -0.2) is 4.98 Å². The van der Waals surface area contributed by atoms with Gasteiger partial charge in [-0.1, -0.05) is 0 Å². The third-order valence-corrected chi connectivity index (χ3v) is 7.59. The van der Waals surface area contributed by atoms with Crippen molar-refractivity contribution in [1.82, 2.24) is 19.8 Å². The van der Waals surface area contributed by atoms with Crippen LogP contribution in [0.1, 0.15) is 36.0 Å². The Morgan fingerprint density at radius 2 is 2.19 bits per heavy atom. The third-order valence-electron chi connectivity index (χ3n) is 5.34. The van der Waals surface area contributed by atoms with Crippen LogP contribution in [0.5, 0.6) is 0 Å². The zero-order chi connectivity index (χ0) is 19.7. The first-order chi connectivity index (χ1) is 12.8. The maximum absolute atomic E-state index is 12.8. The number of aromatic amines is 1. The minimum absolute atomic E-state index is 0.0821. The topological polar surface area (TPSA) is 69.3 Å². The fourth-order valence-corrected chi connectivity index (χ4v) is 5.36. The number of rotatable bonds is 5. The number of nitrogens with zero attached hydrogens (tertiary/aromatic N) is 3. The molecule has 0 saturated carbocycles. The lowest BCUT2D eigenvalue weighted by atomic mass is 10.0. The van der Waals surface area contributed by atoms with Crippen molar-refractivity contribution in [3.8, 4) is 0 Å². The Morgan fingerprint density at radius 1 is 1.44 bits per heavy atom. The van der Waals surface area contributed by atoms with Crippen LogP contribution in [0, 0.1) is 13.8 Å². The SMILES string of the molecule is Cc1sc2nc(CS[C@H](C)C(=O)N3CCC[C@H](N(C)C)C3)[nH]c(=O)c2c1C. The van der Waals surface area contributed by atoms with E-state index in [1.165, 1.54) is 11.8 Å². The number of hydrogen-bond donors (Lipinski definition) is 1. The molecule has 6 nitrogen and oxygen atoms in total. The molecule has 0 radical (unpaired) electrons. The van der Waals surface area contributed by atoms with E-state index in [4.69, 9.17) is 0 Å². The molecule has 3 rings (SSSR count). The van der Waals surface area contributed by atoms with E-state index < -0.39 is 0 Å². The summed E-state index contributed by atoms with van der Waals surface area (Å²) in [5.74, 6) is 1.35. The van der Waals surface area contributed by atoms with E-state index in [1.54, 1.807) is 11.3 Å². The van der Waals surface area contributed by atoms with Crippen LogP contribution >= 0.6 is 23.1 Å². The molecule has 2 aromatic rings. The number of fused-ring (bicyclic) bond motifs is 1. The van der Waals surface area contributed by atoms with E-state index in [2.05, 4.69) is 29.0 Å². The number of nitrogens with one attached hydrogen (secondary N) is 1. The standard InChI is InChI=1S/C19H28N4O2S2/c1-11-12(2)27-18-16(11)17(24)20-15(21-18)10-26-13(3)19(25)23-8-6-7-14(9-23)22(4)5/h13-14H,6-10H2,1-5H3,(H,20,21,24)/t13-,14+/m1/s1. The summed E-state index contributed by atoms with van der Waals surface area (Å²) in [6.07, 6.45) is 2.19. The number of likely N-dealkylation sites (tertiary alicyclic amines) is 1. The number of H-pyrrole nitrogens is 1. The predicted molar refractivity (Wildman–Crippen MR) is 114 cm³/mol. The monoisotopic (exact) mass is 408 g/mol. The van der Waals surface area contributed by atoms with Crippen molar-refractivity contribution in [3.63, 3.8) is 0 Å². The molecule has 0 spiro atoms. The number of piperidine rings is 1. The molecule has 0 unspecified atom stereocenters. The predicted octanol–water partition coefficient (Wildman–Crippen LogP) is 2.78. The van der Waals surface area contributed by atoms with Crippen molar-refractivity contribution in [1.29, 1.82) is 0 Å². The molecule has 27 heavy (non-hydrogen) atoms. The minimum Gasteiger partial charge on any atom is -0.340 e. The maximum atomic E-state index is 12.8. The van der Waals surface area contributed by atoms with Gasteiger partial charge in [-0.3, -0.25) is 9.59 Å². The van der Waals surface area contributed by atoms with Gasteiger partial charge in [0.25, 0.3) is 5.56 Å². The quantitative estimate of drug-likeness (QED) is 0.824. The van der Waals surface area contributed by atoms with Gasteiger partial charge < -0.3 is 14.8 Å². The molecule has 8 heteroatoms. The molecule has 2 atom stereocenters. The molecule has 1 aliphatic rings. The summed E-state index contributed by atoms with van der Waals surface area (Å²) in [7, 11) is 4.14. The highest BCUT2D eigenvalue weighted by Gasteiger charge is 2.28. The maximum Gasteiger partial charge on any atom is 0.259 e. The number of aromatic nitrogens is 2. The van der Waals surface area contributed by atoms with E-state index >= 15 is 0 Å². The van der Waals surface area contributed by atoms with Gasteiger partial charge in [-0.15, -0.1) is 23.1 Å². The summed E-state index contributed by atoms with van der Waals surface area (Å²) in [5, 5.41) is 0.539. The Hall–Kier alpha value is -1.38. The zero-order valence-corrected chi connectivity index (χ0v) is 18.3. The van der Waals surface area contributed by atoms with Crippen LogP contribution in [0.2, 0.25) is 0 Å². The van der Waals surface area contributed by atoms with Gasteiger partial charge in [-0.05, 0) is 53.3 Å². The van der Waals surface area contributed by atoms with Gasteiger partial charge in [-0.2, -0.15) is 0 Å². The van der Waals surface area contributed by atoms with Gasteiger partial charge in [0, 0.05) is 24.0 Å². The molecule has 1 aliphatic heterocycles. The minimum atomic E-state index is -0.154. The molecule has 0 aromatic carbocycles. The Kier molecular flexibility index (Phi) is 6.28. The van der Waals surface area contributed by atoms with Crippen LogP contribution < -0.4 is 5.56 Å². The second-order valence-corrected chi connectivity index (χ2v) is 10.0. The number of thiophene rings is 1. The van der Waals surface area contributed by atoms with E-state index in [9.17, 15) is 9.59 Å². The largest absolute Gasteiger partial charge is 0.340 e. The number of hydrogen-bond acceptors (Lipinski definition) is 6. The average molecular weight is 409 g/mol. The second-order valence-electron chi connectivity index (χ2n) is 7.47. The van der Waals surface area contributed by atoms with Crippen molar-refractivity contribution in [3.05, 3.63) is 26.6 Å². The van der Waals surface area contributed by atoms with E-state index in [1.807, 2.05) is 25.7 Å². The van der Waals surface area contributed by atoms with Crippen molar-refractivity contribution >= 4 is 39.2 Å². The highest BCUT2D eigenvalue weighted by atomic mass is 32.2. The van der Waals surface area contributed by atoms with Crippen LogP contribution in [-0.2, 0) is 10.5 Å². The molecule has 148 valence electrons. The lowest BCUT2D eigenvalue weighted by Gasteiger charge is -2.37. The highest BCUT2D eigenvalue weighted by molar-refractivity contribution is 7.99. The summed E-state index contributed by atoms with van der Waals surface area (Å²) in [6.45, 7) is 7.55. The van der Waals surface area contributed by atoms with Crippen molar-refractivity contribution < 1.29 is 4.79 Å². The summed E-state index contributed by atoms with van der Waals surface area (Å²) < 4.78 is 0. The lowest BCUT2D eigenvalue weighted by Crippen LogP contribution is -2.49. The highest BCUT2D eigenvalue weighted by Crippen LogP contribution is 2.27. The van der Waals surface area contributed by atoms with Crippen LogP contribution in [0.25, 0.3) is 10.2 Å². The molecule has 2 aromatic heterocycles. The number of amides is 1. The summed E-state index contributed by atoms with van der Waals surface area (Å²) in [4.78, 5) is 38.8. The molecular formula is C19H28N4O2S2. The van der Waals surface area contributed by atoms with Gasteiger partial charge in [0.05, 0.1) is 16.4 Å². The Balaban J connectivity index is 1.65. The van der Waals surface area contributed by atoms with Gasteiger partial charge in [0.2, 0.25) is 5.91 Å². The molecular weight excluding hydrogens is 380 g/mol. The van der Waals surface area contributed by atoms with Crippen LogP contribution in [0.15, 0.2) is 4.79 Å². The van der Waals surface area contributed by atoms with E-state index in [0.717, 1.165) is 41.2 Å². The lowest BCUT2D eigenvalue weighted by molar-refractivity contribution is -0.132. The summed E-state index contributed by atoms with van der Waals surface area (Å²) in [6, 6.07) is 0.436. The second kappa shape index (κ2) is 8.32. The van der Waals surface area contributed by atoms with Crippen molar-refractivity contribution in [2.75, 3.05) is 27.2 Å². The Bertz CT molecular complexity index is 890. The fourth-order valence-electron chi connectivity index (χ4n) is 3.48. The first-order valence-electron chi connectivity index (χ1n) is 9.33. The van der Waals surface area contributed by atoms with Crippen LogP contribution in [-0.4, -0.2) is 64.2 Å². The zero-order valence-electron chi connectivity index (χ0n) is 16.7. The smallest absolute Gasteiger partial charge is 0.259 e. The molecule has 1 N–H and O–H groups in total. The Labute approximate surface area is 168 Å². The molecule has 1 amide bonds. The molecule has 1 saturated heterocycles. The summed E-state index contributed by atoms with van der Waals surface area (Å²) >= 11 is 3.09. The first kappa shape index (κ1) is 20.4. The fraction of sp³-hybridized carbons (Fsp3) is 0.632. The van der Waals surface area contributed by atoms with Gasteiger partial charge >= 0.3 is 0 Å². The normalized spacial score (nSPS) is 19.0. The van der Waals surface area contributed by atoms with Gasteiger partial charge in [0.1, 0.15) is 10.7 Å². The van der Waals surface area contributed by atoms with Crippen LogP contribution in [0.3, 0.4) is 0 Å². The van der Waals surface area contributed by atoms with Crippen molar-refractivity contribution in [2.45, 2.75) is 50.7 Å². The first-order valence-corrected chi connectivity index (χ1v) is 11.2. The third kappa shape index (κ3) is 4.38. The number of aryl methyl sites for hydroxylation is 2. The molecule has 0 bridgehead atoms. The summed E-state index contributed by atoms with van der Waals surface area (Å²) in [5.41, 5.74) is 0.924. The number of thioether (sulfide) groups is 1. The van der Waals surface area contributed by atoms with E-state index in [-0.39, 0.29) is 16.7 Å². The molecule has 3 heterocycles.